The number of hydrogen-bond donors (Lipinski definition) is 2. The number of imidazole rings is 1. The van der Waals surface area contributed by atoms with Gasteiger partial charge in [0.05, 0.1) is 11.0 Å². The number of aromatic amines is 1. The zero-order valence-corrected chi connectivity index (χ0v) is 14.1. The number of phenolic OH excluding ortho intramolecular Hbond substituents is 1. The van der Waals surface area contributed by atoms with Crippen LogP contribution >= 0.6 is 0 Å². The Morgan fingerprint density at radius 3 is 2.62 bits per heavy atom. The lowest BCUT2D eigenvalue weighted by atomic mass is 10.1. The molecule has 1 aliphatic rings. The summed E-state index contributed by atoms with van der Waals surface area (Å²) in [6.07, 6.45) is 0. The first-order chi connectivity index (χ1) is 11.6. The molecule has 3 aromatic rings. The van der Waals surface area contributed by atoms with Gasteiger partial charge in [-0.05, 0) is 43.8 Å². The fraction of sp³-hybridized carbons (Fsp3) is 0.316. The van der Waals surface area contributed by atoms with Gasteiger partial charge < -0.3 is 19.9 Å². The molecule has 124 valence electrons. The first-order valence-electron chi connectivity index (χ1n) is 8.33. The standard InChI is InChI=1S/C19H22N4O/c1-13-10-15(23-8-6-22(2)7-9-23)12-17-18(13)21-19(20-17)14-4-3-5-16(24)11-14/h3-5,10-12,24H,6-9H2,1-2H3,(H,20,21). The maximum absolute atomic E-state index is 9.69. The Labute approximate surface area is 141 Å². The van der Waals surface area contributed by atoms with Gasteiger partial charge in [0.1, 0.15) is 11.6 Å². The number of nitrogens with zero attached hydrogens (tertiary/aromatic N) is 3. The van der Waals surface area contributed by atoms with E-state index in [1.54, 1.807) is 12.1 Å². The number of fused-ring (bicyclic) bond motifs is 1. The zero-order valence-electron chi connectivity index (χ0n) is 14.1. The van der Waals surface area contributed by atoms with Crippen LogP contribution in [0.3, 0.4) is 0 Å². The quantitative estimate of drug-likeness (QED) is 0.761. The van der Waals surface area contributed by atoms with Gasteiger partial charge in [-0.3, -0.25) is 0 Å². The van der Waals surface area contributed by atoms with Crippen molar-refractivity contribution in [1.82, 2.24) is 14.9 Å². The SMILES string of the molecule is Cc1cc(N2CCN(C)CC2)cc2[nH]c(-c3cccc(O)c3)nc12. The minimum atomic E-state index is 0.253. The lowest BCUT2D eigenvalue weighted by Crippen LogP contribution is -2.44. The van der Waals surface area contributed by atoms with Crippen molar-refractivity contribution in [3.05, 3.63) is 42.0 Å². The van der Waals surface area contributed by atoms with Crippen molar-refractivity contribution in [2.45, 2.75) is 6.92 Å². The Bertz CT molecular complexity index is 878. The molecular formula is C19H22N4O. The molecule has 4 rings (SSSR count). The summed E-state index contributed by atoms with van der Waals surface area (Å²) in [6, 6.07) is 11.6. The number of likely N-dealkylation sites (N-methyl/N-ethyl adjacent to an activating group) is 1. The van der Waals surface area contributed by atoms with E-state index >= 15 is 0 Å². The van der Waals surface area contributed by atoms with E-state index in [1.165, 1.54) is 11.3 Å². The molecule has 0 saturated carbocycles. The molecular weight excluding hydrogens is 300 g/mol. The normalized spacial score (nSPS) is 16.0. The average molecular weight is 322 g/mol. The maximum atomic E-state index is 9.69. The largest absolute Gasteiger partial charge is 0.508 e. The highest BCUT2D eigenvalue weighted by Gasteiger charge is 2.16. The van der Waals surface area contributed by atoms with Crippen LogP contribution in [0.5, 0.6) is 5.75 Å². The van der Waals surface area contributed by atoms with Crippen molar-refractivity contribution >= 4 is 16.7 Å². The minimum Gasteiger partial charge on any atom is -0.508 e. The Balaban J connectivity index is 1.73. The molecule has 2 heterocycles. The van der Waals surface area contributed by atoms with Gasteiger partial charge in [0, 0.05) is 37.4 Å². The molecule has 1 aliphatic heterocycles. The maximum Gasteiger partial charge on any atom is 0.138 e. The lowest BCUT2D eigenvalue weighted by Gasteiger charge is -2.34. The van der Waals surface area contributed by atoms with Crippen LogP contribution in [0.25, 0.3) is 22.4 Å². The summed E-state index contributed by atoms with van der Waals surface area (Å²) in [5.74, 6) is 1.04. The number of aromatic hydroxyl groups is 1. The Kier molecular flexibility index (Phi) is 3.65. The summed E-state index contributed by atoms with van der Waals surface area (Å²) >= 11 is 0. The summed E-state index contributed by atoms with van der Waals surface area (Å²) in [5, 5.41) is 9.69. The molecule has 1 fully saturated rings. The van der Waals surface area contributed by atoms with Crippen LogP contribution in [0.15, 0.2) is 36.4 Å². The molecule has 24 heavy (non-hydrogen) atoms. The van der Waals surface area contributed by atoms with E-state index in [9.17, 15) is 5.11 Å². The van der Waals surface area contributed by atoms with E-state index in [4.69, 9.17) is 4.98 Å². The number of rotatable bonds is 2. The topological polar surface area (TPSA) is 55.4 Å². The summed E-state index contributed by atoms with van der Waals surface area (Å²) in [7, 11) is 2.17. The van der Waals surface area contributed by atoms with E-state index in [2.05, 4.69) is 40.9 Å². The highest BCUT2D eigenvalue weighted by Crippen LogP contribution is 2.29. The summed E-state index contributed by atoms with van der Waals surface area (Å²) in [4.78, 5) is 12.9. The summed E-state index contributed by atoms with van der Waals surface area (Å²) in [6.45, 7) is 6.39. The van der Waals surface area contributed by atoms with Gasteiger partial charge in [0.25, 0.3) is 0 Å². The predicted molar refractivity (Wildman–Crippen MR) is 97.6 cm³/mol. The Morgan fingerprint density at radius 1 is 1.08 bits per heavy atom. The van der Waals surface area contributed by atoms with Gasteiger partial charge >= 0.3 is 0 Å². The number of aryl methyl sites for hydroxylation is 1. The number of anilines is 1. The second-order valence-corrected chi connectivity index (χ2v) is 6.58. The number of benzene rings is 2. The number of piperazine rings is 1. The Morgan fingerprint density at radius 2 is 1.88 bits per heavy atom. The summed E-state index contributed by atoms with van der Waals surface area (Å²) in [5.41, 5.74) is 5.35. The number of aromatic nitrogens is 2. The van der Waals surface area contributed by atoms with Crippen molar-refractivity contribution in [2.24, 2.45) is 0 Å². The molecule has 1 aromatic heterocycles. The fourth-order valence-electron chi connectivity index (χ4n) is 3.31. The third-order valence-corrected chi connectivity index (χ3v) is 4.75. The van der Waals surface area contributed by atoms with Crippen LogP contribution in [0.1, 0.15) is 5.56 Å². The smallest absolute Gasteiger partial charge is 0.138 e. The van der Waals surface area contributed by atoms with Crippen LogP contribution in [0.2, 0.25) is 0 Å². The monoisotopic (exact) mass is 322 g/mol. The molecule has 5 nitrogen and oxygen atoms in total. The van der Waals surface area contributed by atoms with E-state index in [0.29, 0.717) is 0 Å². The second kappa shape index (κ2) is 5.83. The number of hydrogen-bond acceptors (Lipinski definition) is 4. The molecule has 0 radical (unpaired) electrons. The van der Waals surface area contributed by atoms with Crippen molar-refractivity contribution in [2.75, 3.05) is 38.1 Å². The Hall–Kier alpha value is -2.53. The highest BCUT2D eigenvalue weighted by atomic mass is 16.3. The zero-order chi connectivity index (χ0) is 16.7. The first kappa shape index (κ1) is 15.0. The van der Waals surface area contributed by atoms with Crippen LogP contribution in [-0.4, -0.2) is 53.2 Å². The molecule has 0 spiro atoms. The van der Waals surface area contributed by atoms with Gasteiger partial charge in [0.2, 0.25) is 0 Å². The van der Waals surface area contributed by atoms with Crippen LogP contribution in [0, 0.1) is 6.92 Å². The molecule has 0 bridgehead atoms. The average Bonchev–Trinajstić information content (AvgIpc) is 3.00. The van der Waals surface area contributed by atoms with E-state index in [0.717, 1.165) is 48.6 Å². The van der Waals surface area contributed by atoms with Gasteiger partial charge in [-0.25, -0.2) is 4.98 Å². The molecule has 2 N–H and O–H groups in total. The van der Waals surface area contributed by atoms with Crippen LogP contribution < -0.4 is 4.90 Å². The first-order valence-corrected chi connectivity index (χ1v) is 8.33. The second-order valence-electron chi connectivity index (χ2n) is 6.58. The molecule has 0 amide bonds. The fourth-order valence-corrected chi connectivity index (χ4v) is 3.31. The van der Waals surface area contributed by atoms with Crippen molar-refractivity contribution in [3.8, 4) is 17.1 Å². The van der Waals surface area contributed by atoms with Crippen molar-refractivity contribution in [3.63, 3.8) is 0 Å². The highest BCUT2D eigenvalue weighted by molar-refractivity contribution is 5.86. The van der Waals surface area contributed by atoms with E-state index < -0.39 is 0 Å². The van der Waals surface area contributed by atoms with Crippen LogP contribution in [-0.2, 0) is 0 Å². The number of phenols is 1. The van der Waals surface area contributed by atoms with Gasteiger partial charge in [-0.15, -0.1) is 0 Å². The third-order valence-electron chi connectivity index (χ3n) is 4.75. The van der Waals surface area contributed by atoms with Crippen LogP contribution in [0.4, 0.5) is 5.69 Å². The third kappa shape index (κ3) is 2.71. The molecule has 5 heteroatoms. The van der Waals surface area contributed by atoms with Gasteiger partial charge in [-0.2, -0.15) is 0 Å². The number of H-pyrrole nitrogens is 1. The predicted octanol–water partition coefficient (Wildman–Crippen LogP) is 3.00. The minimum absolute atomic E-state index is 0.253. The number of nitrogens with one attached hydrogen (secondary N) is 1. The molecule has 1 saturated heterocycles. The molecule has 0 atom stereocenters. The molecule has 0 aliphatic carbocycles. The van der Waals surface area contributed by atoms with Gasteiger partial charge in [-0.1, -0.05) is 12.1 Å². The van der Waals surface area contributed by atoms with Crippen molar-refractivity contribution in [1.29, 1.82) is 0 Å². The molecule has 0 unspecified atom stereocenters. The van der Waals surface area contributed by atoms with Crippen molar-refractivity contribution < 1.29 is 5.11 Å². The van der Waals surface area contributed by atoms with Gasteiger partial charge in [0.15, 0.2) is 0 Å². The van der Waals surface area contributed by atoms with E-state index in [1.807, 2.05) is 12.1 Å². The lowest BCUT2D eigenvalue weighted by molar-refractivity contribution is 0.313. The molecule has 2 aromatic carbocycles. The van der Waals surface area contributed by atoms with E-state index in [-0.39, 0.29) is 5.75 Å². The summed E-state index contributed by atoms with van der Waals surface area (Å²) < 4.78 is 0.